The highest BCUT2D eigenvalue weighted by Crippen LogP contribution is 2.36. The molecule has 2 aromatic carbocycles. The summed E-state index contributed by atoms with van der Waals surface area (Å²) in [6, 6.07) is 11.4. The fourth-order valence-corrected chi connectivity index (χ4v) is 3.90. The predicted octanol–water partition coefficient (Wildman–Crippen LogP) is 4.66. The predicted molar refractivity (Wildman–Crippen MR) is 100 cm³/mol. The molecule has 0 aromatic heterocycles. The molecule has 4 rings (SSSR count). The summed E-state index contributed by atoms with van der Waals surface area (Å²) >= 11 is 4.54. The van der Waals surface area contributed by atoms with E-state index in [9.17, 15) is 4.79 Å². The van der Waals surface area contributed by atoms with Crippen LogP contribution in [-0.2, 0) is 0 Å². The van der Waals surface area contributed by atoms with Gasteiger partial charge in [-0.05, 0) is 48.6 Å². The minimum Gasteiger partial charge on any atom is -0.486 e. The van der Waals surface area contributed by atoms with Crippen LogP contribution in [0.2, 0.25) is 0 Å². The van der Waals surface area contributed by atoms with Gasteiger partial charge >= 0.3 is 0 Å². The Morgan fingerprint density at radius 1 is 1.00 bits per heavy atom. The second kappa shape index (κ2) is 7.00. The van der Waals surface area contributed by atoms with Gasteiger partial charge in [0.2, 0.25) is 0 Å². The lowest BCUT2D eigenvalue weighted by molar-refractivity contribution is 0.102. The molecule has 1 amide bonds. The molecule has 0 unspecified atom stereocenters. The quantitative estimate of drug-likeness (QED) is 0.788. The molecule has 1 heterocycles. The van der Waals surface area contributed by atoms with Crippen LogP contribution in [0.25, 0.3) is 0 Å². The lowest BCUT2D eigenvalue weighted by Crippen LogP contribution is -2.16. The first kappa shape index (κ1) is 16.3. The van der Waals surface area contributed by atoms with Gasteiger partial charge in [-0.15, -0.1) is 12.6 Å². The van der Waals surface area contributed by atoms with Crippen molar-refractivity contribution < 1.29 is 14.3 Å². The molecule has 25 heavy (non-hydrogen) atoms. The Hall–Kier alpha value is -2.14. The molecule has 130 valence electrons. The Balaban J connectivity index is 1.51. The second-order valence-electron chi connectivity index (χ2n) is 6.57. The average Bonchev–Trinajstić information content (AvgIpc) is 3.16. The molecule has 5 heteroatoms. The standard InChI is InChI=1S/C20H21NO3S/c22-20(21-15-6-8-17-18(12-15)24-10-9-23-17)16-7-5-14(11-19(16)25)13-3-1-2-4-13/h5-8,11-13,25H,1-4,9-10H2,(H,21,22). The van der Waals surface area contributed by atoms with E-state index in [2.05, 4.69) is 24.0 Å². The fraction of sp³-hybridized carbons (Fsp3) is 0.350. The van der Waals surface area contributed by atoms with Crippen molar-refractivity contribution in [2.24, 2.45) is 0 Å². The maximum absolute atomic E-state index is 12.6. The van der Waals surface area contributed by atoms with Crippen LogP contribution in [-0.4, -0.2) is 19.1 Å². The average molecular weight is 355 g/mol. The van der Waals surface area contributed by atoms with Gasteiger partial charge in [0.25, 0.3) is 5.91 Å². The van der Waals surface area contributed by atoms with Gasteiger partial charge in [-0.3, -0.25) is 4.79 Å². The van der Waals surface area contributed by atoms with Crippen molar-refractivity contribution in [3.63, 3.8) is 0 Å². The largest absolute Gasteiger partial charge is 0.486 e. The number of anilines is 1. The van der Waals surface area contributed by atoms with Crippen LogP contribution in [0.15, 0.2) is 41.3 Å². The van der Waals surface area contributed by atoms with Crippen LogP contribution >= 0.6 is 12.6 Å². The van der Waals surface area contributed by atoms with Crippen molar-refractivity contribution in [3.8, 4) is 11.5 Å². The van der Waals surface area contributed by atoms with Crippen LogP contribution in [0.3, 0.4) is 0 Å². The Morgan fingerprint density at radius 3 is 2.52 bits per heavy atom. The zero-order chi connectivity index (χ0) is 17.2. The third-order valence-electron chi connectivity index (χ3n) is 4.89. The summed E-state index contributed by atoms with van der Waals surface area (Å²) in [6.45, 7) is 1.07. The van der Waals surface area contributed by atoms with E-state index in [-0.39, 0.29) is 5.91 Å². The number of rotatable bonds is 3. The molecule has 0 radical (unpaired) electrons. The van der Waals surface area contributed by atoms with Gasteiger partial charge in [0, 0.05) is 16.6 Å². The first-order chi connectivity index (χ1) is 12.2. The molecule has 1 N–H and O–H groups in total. The van der Waals surface area contributed by atoms with E-state index >= 15 is 0 Å². The lowest BCUT2D eigenvalue weighted by Gasteiger charge is -2.19. The van der Waals surface area contributed by atoms with Gasteiger partial charge in [-0.1, -0.05) is 18.9 Å². The molecule has 0 bridgehead atoms. The third-order valence-corrected chi connectivity index (χ3v) is 5.26. The summed E-state index contributed by atoms with van der Waals surface area (Å²) in [5.41, 5.74) is 2.56. The third kappa shape index (κ3) is 3.47. The highest BCUT2D eigenvalue weighted by Gasteiger charge is 2.19. The number of carbonyl (C=O) groups is 1. The summed E-state index contributed by atoms with van der Waals surface area (Å²) in [4.78, 5) is 13.3. The minimum absolute atomic E-state index is 0.167. The number of ether oxygens (including phenoxy) is 2. The zero-order valence-electron chi connectivity index (χ0n) is 14.0. The molecule has 2 aliphatic rings. The number of nitrogens with one attached hydrogen (secondary N) is 1. The number of hydrogen-bond donors (Lipinski definition) is 2. The number of carbonyl (C=O) groups excluding carboxylic acids is 1. The van der Waals surface area contributed by atoms with Crippen molar-refractivity contribution in [1.29, 1.82) is 0 Å². The van der Waals surface area contributed by atoms with E-state index in [0.29, 0.717) is 41.9 Å². The SMILES string of the molecule is O=C(Nc1ccc2c(c1)OCCO2)c1ccc(C2CCCC2)cc1S. The monoisotopic (exact) mass is 355 g/mol. The Labute approximate surface area is 152 Å². The molecule has 1 aliphatic carbocycles. The number of fused-ring (bicyclic) bond motifs is 1. The second-order valence-corrected chi connectivity index (χ2v) is 7.05. The molecule has 0 spiro atoms. The number of thiol groups is 1. The summed E-state index contributed by atoms with van der Waals surface area (Å²) < 4.78 is 11.1. The van der Waals surface area contributed by atoms with Gasteiger partial charge in [-0.2, -0.15) is 0 Å². The topological polar surface area (TPSA) is 47.6 Å². The van der Waals surface area contributed by atoms with E-state index in [1.165, 1.54) is 31.2 Å². The zero-order valence-corrected chi connectivity index (χ0v) is 14.9. The lowest BCUT2D eigenvalue weighted by atomic mass is 9.96. The number of amides is 1. The first-order valence-electron chi connectivity index (χ1n) is 8.74. The molecule has 1 aliphatic heterocycles. The molecule has 0 atom stereocenters. The highest BCUT2D eigenvalue weighted by molar-refractivity contribution is 7.80. The highest BCUT2D eigenvalue weighted by atomic mass is 32.1. The van der Waals surface area contributed by atoms with Crippen molar-refractivity contribution in [3.05, 3.63) is 47.5 Å². The van der Waals surface area contributed by atoms with Crippen LogP contribution in [0, 0.1) is 0 Å². The summed E-state index contributed by atoms with van der Waals surface area (Å²) in [7, 11) is 0. The van der Waals surface area contributed by atoms with Crippen molar-refractivity contribution in [1.82, 2.24) is 0 Å². The molecule has 0 saturated heterocycles. The van der Waals surface area contributed by atoms with E-state index in [0.717, 1.165) is 4.90 Å². The van der Waals surface area contributed by atoms with Gasteiger partial charge in [-0.25, -0.2) is 0 Å². The summed E-state index contributed by atoms with van der Waals surface area (Å²) in [6.07, 6.45) is 5.05. The molecule has 1 saturated carbocycles. The van der Waals surface area contributed by atoms with Crippen LogP contribution in [0.4, 0.5) is 5.69 Å². The minimum atomic E-state index is -0.167. The van der Waals surface area contributed by atoms with Gasteiger partial charge in [0.05, 0.1) is 5.56 Å². The maximum atomic E-state index is 12.6. The van der Waals surface area contributed by atoms with Crippen LogP contribution < -0.4 is 14.8 Å². The maximum Gasteiger partial charge on any atom is 0.256 e. The molecule has 4 nitrogen and oxygen atoms in total. The molecule has 1 fully saturated rings. The van der Waals surface area contributed by atoms with E-state index in [1.807, 2.05) is 24.3 Å². The van der Waals surface area contributed by atoms with E-state index < -0.39 is 0 Å². The van der Waals surface area contributed by atoms with Gasteiger partial charge < -0.3 is 14.8 Å². The molecule has 2 aromatic rings. The van der Waals surface area contributed by atoms with Gasteiger partial charge in [0.15, 0.2) is 11.5 Å². The number of benzene rings is 2. The van der Waals surface area contributed by atoms with Crippen molar-refractivity contribution in [2.45, 2.75) is 36.5 Å². The van der Waals surface area contributed by atoms with E-state index in [4.69, 9.17) is 9.47 Å². The molecular weight excluding hydrogens is 334 g/mol. The fourth-order valence-electron chi connectivity index (χ4n) is 3.57. The Morgan fingerprint density at radius 2 is 1.76 bits per heavy atom. The normalized spacial score (nSPS) is 16.7. The van der Waals surface area contributed by atoms with Crippen LogP contribution in [0.1, 0.15) is 47.5 Å². The van der Waals surface area contributed by atoms with E-state index in [1.54, 1.807) is 6.07 Å². The summed E-state index contributed by atoms with van der Waals surface area (Å²) in [5.74, 6) is 1.81. The van der Waals surface area contributed by atoms with Gasteiger partial charge in [0.1, 0.15) is 13.2 Å². The van der Waals surface area contributed by atoms with Crippen LogP contribution in [0.5, 0.6) is 11.5 Å². The summed E-state index contributed by atoms with van der Waals surface area (Å²) in [5, 5.41) is 2.91. The Kier molecular flexibility index (Phi) is 4.57. The Bertz CT molecular complexity index is 800. The van der Waals surface area contributed by atoms with Crippen molar-refractivity contribution >= 4 is 24.2 Å². The smallest absolute Gasteiger partial charge is 0.256 e. The van der Waals surface area contributed by atoms with Crippen molar-refractivity contribution in [2.75, 3.05) is 18.5 Å². The number of hydrogen-bond acceptors (Lipinski definition) is 4. The molecular formula is C20H21NO3S. The first-order valence-corrected chi connectivity index (χ1v) is 9.19.